The number of pyridine rings is 1. The molecule has 0 atom stereocenters. The number of aromatic carboxylic acids is 1. The van der Waals surface area contributed by atoms with Crippen LogP contribution in [0.25, 0.3) is 10.9 Å². The minimum absolute atomic E-state index is 0.158. The van der Waals surface area contributed by atoms with Gasteiger partial charge in [0.1, 0.15) is 11.6 Å². The standard InChI is InChI=1S/C19H14FN3O3/c20-13-3-4-18-16(9-13)17(22-23(18)11-14-2-1-7-26-14)8-12-10-21-6-5-15(12)19(24)25/h1-7,9-10H,8,11H2,(H,24,25). The number of carboxylic acids is 1. The van der Waals surface area contributed by atoms with E-state index < -0.39 is 5.97 Å². The van der Waals surface area contributed by atoms with E-state index in [0.29, 0.717) is 23.2 Å². The molecule has 0 radical (unpaired) electrons. The lowest BCUT2D eigenvalue weighted by Gasteiger charge is -2.03. The quantitative estimate of drug-likeness (QED) is 0.595. The molecular weight excluding hydrogens is 337 g/mol. The van der Waals surface area contributed by atoms with E-state index in [4.69, 9.17) is 4.42 Å². The molecule has 130 valence electrons. The largest absolute Gasteiger partial charge is 0.478 e. The van der Waals surface area contributed by atoms with Gasteiger partial charge in [-0.2, -0.15) is 5.10 Å². The third-order valence-corrected chi connectivity index (χ3v) is 4.17. The number of nitrogens with zero attached hydrogens (tertiary/aromatic N) is 3. The molecule has 1 aromatic carbocycles. The summed E-state index contributed by atoms with van der Waals surface area (Å²) in [7, 11) is 0. The smallest absolute Gasteiger partial charge is 0.336 e. The van der Waals surface area contributed by atoms with Crippen LogP contribution in [0.1, 0.15) is 27.4 Å². The molecule has 0 aliphatic heterocycles. The molecular formula is C19H14FN3O3. The summed E-state index contributed by atoms with van der Waals surface area (Å²) in [5, 5.41) is 14.6. The van der Waals surface area contributed by atoms with Crippen molar-refractivity contribution in [2.75, 3.05) is 0 Å². The third kappa shape index (κ3) is 2.95. The van der Waals surface area contributed by atoms with Gasteiger partial charge in [0.15, 0.2) is 0 Å². The van der Waals surface area contributed by atoms with Gasteiger partial charge >= 0.3 is 5.97 Å². The van der Waals surface area contributed by atoms with Crippen molar-refractivity contribution in [3.8, 4) is 0 Å². The minimum Gasteiger partial charge on any atom is -0.478 e. The molecule has 3 heterocycles. The predicted octanol–water partition coefficient (Wildman–Crippen LogP) is 3.50. The Bertz CT molecular complexity index is 1090. The average molecular weight is 351 g/mol. The number of hydrogen-bond donors (Lipinski definition) is 1. The molecule has 0 saturated carbocycles. The number of hydrogen-bond acceptors (Lipinski definition) is 4. The summed E-state index contributed by atoms with van der Waals surface area (Å²) in [4.78, 5) is 15.4. The Morgan fingerprint density at radius 3 is 2.92 bits per heavy atom. The minimum atomic E-state index is -1.03. The van der Waals surface area contributed by atoms with E-state index in [1.807, 2.05) is 6.07 Å². The van der Waals surface area contributed by atoms with Crippen molar-refractivity contribution < 1.29 is 18.7 Å². The molecule has 0 fully saturated rings. The van der Waals surface area contributed by atoms with Crippen molar-refractivity contribution in [2.24, 2.45) is 0 Å². The van der Waals surface area contributed by atoms with Crippen LogP contribution in [-0.4, -0.2) is 25.8 Å². The highest BCUT2D eigenvalue weighted by atomic mass is 19.1. The second kappa shape index (κ2) is 6.44. The monoisotopic (exact) mass is 351 g/mol. The van der Waals surface area contributed by atoms with Crippen LogP contribution in [0, 0.1) is 5.82 Å². The predicted molar refractivity (Wildman–Crippen MR) is 91.5 cm³/mol. The Kier molecular flexibility index (Phi) is 3.96. The van der Waals surface area contributed by atoms with E-state index in [2.05, 4.69) is 10.1 Å². The molecule has 4 rings (SSSR count). The van der Waals surface area contributed by atoms with Crippen molar-refractivity contribution in [1.82, 2.24) is 14.8 Å². The topological polar surface area (TPSA) is 81.1 Å². The summed E-state index contributed by atoms with van der Waals surface area (Å²) in [6.45, 7) is 0.397. The van der Waals surface area contributed by atoms with Crippen LogP contribution >= 0.6 is 0 Å². The number of aromatic nitrogens is 3. The molecule has 0 aliphatic rings. The van der Waals surface area contributed by atoms with Crippen molar-refractivity contribution in [3.05, 3.63) is 83.5 Å². The summed E-state index contributed by atoms with van der Waals surface area (Å²) in [5.74, 6) is -0.688. The number of halogens is 1. The highest BCUT2D eigenvalue weighted by Crippen LogP contribution is 2.24. The van der Waals surface area contributed by atoms with E-state index in [-0.39, 0.29) is 17.8 Å². The number of rotatable bonds is 5. The summed E-state index contributed by atoms with van der Waals surface area (Å²) >= 11 is 0. The van der Waals surface area contributed by atoms with Gasteiger partial charge in [-0.3, -0.25) is 9.67 Å². The van der Waals surface area contributed by atoms with Gasteiger partial charge in [0.25, 0.3) is 0 Å². The molecule has 7 heteroatoms. The first-order valence-electron chi connectivity index (χ1n) is 7.95. The van der Waals surface area contributed by atoms with Crippen molar-refractivity contribution >= 4 is 16.9 Å². The third-order valence-electron chi connectivity index (χ3n) is 4.17. The van der Waals surface area contributed by atoms with Crippen LogP contribution in [0.2, 0.25) is 0 Å². The van der Waals surface area contributed by atoms with Gasteiger partial charge in [0, 0.05) is 24.2 Å². The summed E-state index contributed by atoms with van der Waals surface area (Å²) in [6.07, 6.45) is 4.75. The van der Waals surface area contributed by atoms with Crippen LogP contribution in [0.5, 0.6) is 0 Å². The maximum Gasteiger partial charge on any atom is 0.336 e. The number of fused-ring (bicyclic) bond motifs is 1. The molecule has 4 aromatic rings. The lowest BCUT2D eigenvalue weighted by molar-refractivity contribution is 0.0695. The molecule has 1 N–H and O–H groups in total. The number of furan rings is 1. The van der Waals surface area contributed by atoms with Crippen LogP contribution in [0.15, 0.2) is 59.5 Å². The van der Waals surface area contributed by atoms with Crippen LogP contribution in [-0.2, 0) is 13.0 Å². The van der Waals surface area contributed by atoms with E-state index in [1.165, 1.54) is 30.6 Å². The molecule has 3 aromatic heterocycles. The van der Waals surface area contributed by atoms with E-state index in [0.717, 1.165) is 11.3 Å². The molecule has 0 spiro atoms. The van der Waals surface area contributed by atoms with Gasteiger partial charge in [-0.15, -0.1) is 0 Å². The molecule has 0 amide bonds. The van der Waals surface area contributed by atoms with Gasteiger partial charge < -0.3 is 9.52 Å². The summed E-state index contributed by atoms with van der Waals surface area (Å²) in [5.41, 5.74) is 2.01. The molecule has 0 unspecified atom stereocenters. The molecule has 0 bridgehead atoms. The Morgan fingerprint density at radius 1 is 1.27 bits per heavy atom. The van der Waals surface area contributed by atoms with Gasteiger partial charge in [-0.25, -0.2) is 9.18 Å². The van der Waals surface area contributed by atoms with E-state index in [9.17, 15) is 14.3 Å². The second-order valence-corrected chi connectivity index (χ2v) is 5.86. The maximum absolute atomic E-state index is 13.8. The highest BCUT2D eigenvalue weighted by molar-refractivity contribution is 5.89. The van der Waals surface area contributed by atoms with Gasteiger partial charge in [-0.05, 0) is 42.0 Å². The molecule has 0 saturated heterocycles. The van der Waals surface area contributed by atoms with Crippen molar-refractivity contribution in [3.63, 3.8) is 0 Å². The fourth-order valence-electron chi connectivity index (χ4n) is 2.98. The zero-order chi connectivity index (χ0) is 18.1. The van der Waals surface area contributed by atoms with E-state index >= 15 is 0 Å². The molecule has 26 heavy (non-hydrogen) atoms. The van der Waals surface area contributed by atoms with Gasteiger partial charge in [-0.1, -0.05) is 0 Å². The average Bonchev–Trinajstić information content (AvgIpc) is 3.24. The number of benzene rings is 1. The van der Waals surface area contributed by atoms with Crippen molar-refractivity contribution in [1.29, 1.82) is 0 Å². The SMILES string of the molecule is O=C(O)c1ccncc1Cc1nn(Cc2ccco2)c2ccc(F)cc12. The fraction of sp³-hybridized carbons (Fsp3) is 0.105. The molecule has 0 aliphatic carbocycles. The summed E-state index contributed by atoms with van der Waals surface area (Å²) in [6, 6.07) is 9.51. The number of carboxylic acid groups (broad SMARTS) is 1. The Hall–Kier alpha value is -3.48. The number of carbonyl (C=O) groups is 1. The fourth-order valence-corrected chi connectivity index (χ4v) is 2.98. The normalized spacial score (nSPS) is 11.1. The van der Waals surface area contributed by atoms with Gasteiger partial charge in [0.2, 0.25) is 0 Å². The molecule has 6 nitrogen and oxygen atoms in total. The van der Waals surface area contributed by atoms with Gasteiger partial charge in [0.05, 0.1) is 29.6 Å². The zero-order valence-corrected chi connectivity index (χ0v) is 13.6. The summed E-state index contributed by atoms with van der Waals surface area (Å²) < 4.78 is 20.9. The first-order chi connectivity index (χ1) is 12.6. The second-order valence-electron chi connectivity index (χ2n) is 5.86. The van der Waals surface area contributed by atoms with E-state index in [1.54, 1.807) is 23.1 Å². The first kappa shape index (κ1) is 16.0. The lowest BCUT2D eigenvalue weighted by Crippen LogP contribution is -2.05. The first-order valence-corrected chi connectivity index (χ1v) is 7.95. The zero-order valence-electron chi connectivity index (χ0n) is 13.6. The Labute approximate surface area is 147 Å². The van der Waals surface area contributed by atoms with Crippen LogP contribution in [0.4, 0.5) is 4.39 Å². The van der Waals surface area contributed by atoms with Crippen LogP contribution < -0.4 is 0 Å². The van der Waals surface area contributed by atoms with Crippen molar-refractivity contribution in [2.45, 2.75) is 13.0 Å². The van der Waals surface area contributed by atoms with Crippen LogP contribution in [0.3, 0.4) is 0 Å². The Morgan fingerprint density at radius 2 is 2.15 bits per heavy atom. The Balaban J connectivity index is 1.80. The highest BCUT2D eigenvalue weighted by Gasteiger charge is 2.16. The maximum atomic E-state index is 13.8. The lowest BCUT2D eigenvalue weighted by atomic mass is 10.0.